The van der Waals surface area contributed by atoms with Gasteiger partial charge in [0.1, 0.15) is 5.00 Å². The van der Waals surface area contributed by atoms with Gasteiger partial charge in [0.25, 0.3) is 5.91 Å². The van der Waals surface area contributed by atoms with Gasteiger partial charge in [-0.15, -0.1) is 11.3 Å². The largest absolute Gasteiger partial charge is 0.477 e. The molecular weight excluding hydrogens is 370 g/mol. The van der Waals surface area contributed by atoms with E-state index in [4.69, 9.17) is 16.2 Å². The highest BCUT2D eigenvalue weighted by Gasteiger charge is 2.27. The van der Waals surface area contributed by atoms with Crippen LogP contribution in [-0.2, 0) is 4.79 Å². The van der Waals surface area contributed by atoms with Crippen LogP contribution in [0.3, 0.4) is 0 Å². The lowest BCUT2D eigenvalue weighted by Crippen LogP contribution is -2.21. The van der Waals surface area contributed by atoms with Crippen LogP contribution in [0, 0.1) is 5.92 Å². The van der Waals surface area contributed by atoms with Crippen molar-refractivity contribution in [2.75, 3.05) is 25.5 Å². The van der Waals surface area contributed by atoms with Crippen LogP contribution in [-0.4, -0.2) is 47.9 Å². The number of primary amides is 2. The number of rotatable bonds is 6. The molecule has 2 aromatic heterocycles. The van der Waals surface area contributed by atoms with Crippen molar-refractivity contribution >= 4 is 34.2 Å². The zero-order chi connectivity index (χ0) is 19.6. The van der Waals surface area contributed by atoms with E-state index < -0.39 is 11.9 Å². The second-order valence-electron chi connectivity index (χ2n) is 6.25. The summed E-state index contributed by atoms with van der Waals surface area (Å²) in [5.74, 6) is 0.0604. The molecule has 2 aromatic rings. The van der Waals surface area contributed by atoms with E-state index in [1.165, 1.54) is 11.3 Å². The second-order valence-corrected chi connectivity index (χ2v) is 7.30. The van der Waals surface area contributed by atoms with Crippen LogP contribution >= 0.6 is 11.3 Å². The Labute approximate surface area is 159 Å². The van der Waals surface area contributed by atoms with Crippen LogP contribution in [0.15, 0.2) is 24.4 Å². The molecule has 0 spiro atoms. The summed E-state index contributed by atoms with van der Waals surface area (Å²) in [5, 5.41) is 2.69. The highest BCUT2D eigenvalue weighted by molar-refractivity contribution is 7.20. The van der Waals surface area contributed by atoms with Crippen molar-refractivity contribution < 1.29 is 19.1 Å². The molecule has 142 valence electrons. The summed E-state index contributed by atoms with van der Waals surface area (Å²) in [6.45, 7) is 1.09. The van der Waals surface area contributed by atoms with E-state index in [-0.39, 0.29) is 17.4 Å². The summed E-state index contributed by atoms with van der Waals surface area (Å²) in [5.41, 5.74) is 11.4. The number of urea groups is 1. The van der Waals surface area contributed by atoms with E-state index >= 15 is 0 Å². The minimum Gasteiger partial charge on any atom is -0.477 e. The van der Waals surface area contributed by atoms with E-state index in [1.54, 1.807) is 36.3 Å². The van der Waals surface area contributed by atoms with Gasteiger partial charge in [-0.05, 0) is 12.1 Å². The molecular formula is C17H19N5O4S. The third kappa shape index (κ3) is 4.34. The lowest BCUT2D eigenvalue weighted by Gasteiger charge is -2.11. The van der Waals surface area contributed by atoms with Gasteiger partial charge in [-0.1, -0.05) is 0 Å². The maximum atomic E-state index is 11.5. The standard InChI is InChI=1S/C17H19N5O4S/c1-22-7-9(4-14(22)23)8-26-13-3-2-10(6-20-13)12-5-11(15(18)24)16(27-12)21-17(19)25/h2-3,5-6,9H,4,7-8H2,1H3,(H2,18,24)(H3,19,21,25). The first-order chi connectivity index (χ1) is 12.8. The predicted octanol–water partition coefficient (Wildman–Crippen LogP) is 1.26. The SMILES string of the molecule is CN1CC(COc2ccc(-c3cc(C(N)=O)c(NC(N)=O)s3)cn2)CC1=O. The number of carbonyl (C=O) groups excluding carboxylic acids is 3. The number of aromatic nitrogens is 1. The monoisotopic (exact) mass is 389 g/mol. The lowest BCUT2D eigenvalue weighted by atomic mass is 10.1. The summed E-state index contributed by atoms with van der Waals surface area (Å²) in [6, 6.07) is 4.30. The van der Waals surface area contributed by atoms with Crippen molar-refractivity contribution in [1.29, 1.82) is 0 Å². The predicted molar refractivity (Wildman–Crippen MR) is 101 cm³/mol. The van der Waals surface area contributed by atoms with Gasteiger partial charge in [0.05, 0.1) is 12.2 Å². The average molecular weight is 389 g/mol. The molecule has 0 aliphatic carbocycles. The van der Waals surface area contributed by atoms with Crippen LogP contribution in [0.4, 0.5) is 9.80 Å². The van der Waals surface area contributed by atoms with Gasteiger partial charge in [-0.25, -0.2) is 9.78 Å². The highest BCUT2D eigenvalue weighted by atomic mass is 32.1. The normalized spacial score (nSPS) is 16.4. The minimum absolute atomic E-state index is 0.121. The number of likely N-dealkylation sites (tertiary alicyclic amines) is 1. The van der Waals surface area contributed by atoms with Crippen molar-refractivity contribution in [1.82, 2.24) is 9.88 Å². The van der Waals surface area contributed by atoms with Crippen molar-refractivity contribution in [2.24, 2.45) is 17.4 Å². The van der Waals surface area contributed by atoms with Crippen molar-refractivity contribution in [3.05, 3.63) is 30.0 Å². The first kappa shape index (κ1) is 18.6. The van der Waals surface area contributed by atoms with E-state index in [1.807, 2.05) is 0 Å². The van der Waals surface area contributed by atoms with Gasteiger partial charge in [-0.2, -0.15) is 0 Å². The number of ether oxygens (including phenoxy) is 1. The van der Waals surface area contributed by atoms with Crippen molar-refractivity contribution in [3.63, 3.8) is 0 Å². The molecule has 9 nitrogen and oxygen atoms in total. The van der Waals surface area contributed by atoms with Gasteiger partial charge in [-0.3, -0.25) is 14.9 Å². The zero-order valence-electron chi connectivity index (χ0n) is 14.6. The number of amides is 4. The quantitative estimate of drug-likeness (QED) is 0.682. The van der Waals surface area contributed by atoms with E-state index in [9.17, 15) is 14.4 Å². The Morgan fingerprint density at radius 1 is 1.41 bits per heavy atom. The molecule has 1 saturated heterocycles. The summed E-state index contributed by atoms with van der Waals surface area (Å²) < 4.78 is 5.66. The Kier molecular flexibility index (Phi) is 5.26. The molecule has 1 fully saturated rings. The number of nitrogens with zero attached hydrogens (tertiary/aromatic N) is 2. The second kappa shape index (κ2) is 7.62. The average Bonchev–Trinajstić information content (AvgIpc) is 3.16. The Bertz CT molecular complexity index is 880. The van der Waals surface area contributed by atoms with E-state index in [0.29, 0.717) is 35.3 Å². The van der Waals surface area contributed by atoms with E-state index in [2.05, 4.69) is 10.3 Å². The van der Waals surface area contributed by atoms with Crippen LogP contribution in [0.1, 0.15) is 16.8 Å². The lowest BCUT2D eigenvalue weighted by molar-refractivity contribution is -0.126. The molecule has 4 amide bonds. The Balaban J connectivity index is 1.69. The summed E-state index contributed by atoms with van der Waals surface area (Å²) >= 11 is 1.17. The number of nitrogens with two attached hydrogens (primary N) is 2. The van der Waals surface area contributed by atoms with Crippen molar-refractivity contribution in [2.45, 2.75) is 6.42 Å². The number of carbonyl (C=O) groups is 3. The van der Waals surface area contributed by atoms with E-state index in [0.717, 1.165) is 5.56 Å². The molecule has 27 heavy (non-hydrogen) atoms. The molecule has 10 heteroatoms. The molecule has 3 heterocycles. The number of hydrogen-bond donors (Lipinski definition) is 3. The maximum absolute atomic E-state index is 11.5. The smallest absolute Gasteiger partial charge is 0.317 e. The maximum Gasteiger partial charge on any atom is 0.317 e. The number of hydrogen-bond acceptors (Lipinski definition) is 6. The Morgan fingerprint density at radius 3 is 2.74 bits per heavy atom. The van der Waals surface area contributed by atoms with Gasteiger partial charge in [0.15, 0.2) is 0 Å². The molecule has 3 rings (SSSR count). The molecule has 1 aliphatic heterocycles. The molecule has 1 atom stereocenters. The molecule has 5 N–H and O–H groups in total. The first-order valence-electron chi connectivity index (χ1n) is 8.16. The summed E-state index contributed by atoms with van der Waals surface area (Å²) in [6.07, 6.45) is 2.08. The van der Waals surface area contributed by atoms with Crippen molar-refractivity contribution in [3.8, 4) is 16.3 Å². The summed E-state index contributed by atoms with van der Waals surface area (Å²) in [4.78, 5) is 40.8. The topological polar surface area (TPSA) is 141 Å². The number of pyridine rings is 1. The fraction of sp³-hybridized carbons (Fsp3) is 0.294. The van der Waals surface area contributed by atoms with Gasteiger partial charge >= 0.3 is 6.03 Å². The Hall–Kier alpha value is -3.14. The van der Waals surface area contributed by atoms with Gasteiger partial charge < -0.3 is 21.1 Å². The zero-order valence-corrected chi connectivity index (χ0v) is 15.4. The molecule has 0 saturated carbocycles. The van der Waals surface area contributed by atoms with Gasteiger partial charge in [0.2, 0.25) is 11.8 Å². The number of anilines is 1. The molecule has 0 radical (unpaired) electrons. The minimum atomic E-state index is -0.774. The van der Waals surface area contributed by atoms with Crippen LogP contribution in [0.25, 0.3) is 10.4 Å². The van der Waals surface area contributed by atoms with Gasteiger partial charge in [0, 0.05) is 48.6 Å². The number of nitrogens with one attached hydrogen (secondary N) is 1. The molecule has 0 aromatic carbocycles. The fourth-order valence-electron chi connectivity index (χ4n) is 2.80. The molecule has 1 aliphatic rings. The first-order valence-corrected chi connectivity index (χ1v) is 8.98. The fourth-order valence-corrected chi connectivity index (χ4v) is 3.86. The molecule has 1 unspecified atom stereocenters. The van der Waals surface area contributed by atoms with Crippen LogP contribution in [0.5, 0.6) is 5.88 Å². The van der Waals surface area contributed by atoms with Crippen LogP contribution < -0.4 is 21.5 Å². The number of thiophene rings is 1. The third-order valence-electron chi connectivity index (χ3n) is 4.14. The highest BCUT2D eigenvalue weighted by Crippen LogP contribution is 2.35. The van der Waals surface area contributed by atoms with Crippen LogP contribution in [0.2, 0.25) is 0 Å². The summed E-state index contributed by atoms with van der Waals surface area (Å²) in [7, 11) is 1.78. The Morgan fingerprint density at radius 2 is 2.19 bits per heavy atom. The molecule has 0 bridgehead atoms. The third-order valence-corrected chi connectivity index (χ3v) is 5.24.